The van der Waals surface area contributed by atoms with Crippen molar-refractivity contribution in [3.8, 4) is 0 Å². The summed E-state index contributed by atoms with van der Waals surface area (Å²) in [6.45, 7) is 2.63. The lowest BCUT2D eigenvalue weighted by Gasteiger charge is -2.37. The largest absolute Gasteiger partial charge is 0.370 e. The molecule has 0 atom stereocenters. The molecule has 0 aromatic carbocycles. The predicted octanol–water partition coefficient (Wildman–Crippen LogP) is 2.26. The van der Waals surface area contributed by atoms with Crippen LogP contribution in [0.25, 0.3) is 0 Å². The van der Waals surface area contributed by atoms with Crippen LogP contribution in [0.15, 0.2) is 14.7 Å². The number of rotatable bonds is 6. The maximum Gasteiger partial charge on any atom is 0.307 e. The Morgan fingerprint density at radius 1 is 1.52 bits per heavy atom. The van der Waals surface area contributed by atoms with Gasteiger partial charge in [0.15, 0.2) is 0 Å². The van der Waals surface area contributed by atoms with Crippen molar-refractivity contribution in [3.05, 3.63) is 32.5 Å². The van der Waals surface area contributed by atoms with E-state index in [0.29, 0.717) is 24.7 Å². The predicted molar refractivity (Wildman–Crippen MR) is 78.5 cm³/mol. The lowest BCUT2D eigenvalue weighted by molar-refractivity contribution is -0.0858. The minimum Gasteiger partial charge on any atom is -0.370 e. The number of aromatic nitrogens is 3. The highest BCUT2D eigenvalue weighted by Crippen LogP contribution is 2.42. The fourth-order valence-corrected chi connectivity index (χ4v) is 3.38. The average Bonchev–Trinajstić information content (AvgIpc) is 3.00. The molecule has 0 N–H and O–H groups in total. The monoisotopic (exact) mass is 309 g/mol. The third kappa shape index (κ3) is 2.67. The van der Waals surface area contributed by atoms with Crippen molar-refractivity contribution in [2.45, 2.75) is 51.2 Å². The van der Waals surface area contributed by atoms with Crippen LogP contribution in [-0.4, -0.2) is 21.8 Å². The minimum absolute atomic E-state index is 0.0894. The highest BCUT2D eigenvalue weighted by Gasteiger charge is 2.43. The molecule has 0 unspecified atom stereocenters. The summed E-state index contributed by atoms with van der Waals surface area (Å²) in [7, 11) is 1.70. The van der Waals surface area contributed by atoms with Gasteiger partial charge in [-0.05, 0) is 32.6 Å². The van der Waals surface area contributed by atoms with Gasteiger partial charge in [0.05, 0.1) is 0 Å². The zero-order valence-electron chi connectivity index (χ0n) is 12.3. The lowest BCUT2D eigenvalue weighted by Crippen LogP contribution is -2.37. The van der Waals surface area contributed by atoms with Crippen molar-refractivity contribution in [1.29, 1.82) is 0 Å². The van der Waals surface area contributed by atoms with Crippen LogP contribution in [0.1, 0.15) is 43.1 Å². The van der Waals surface area contributed by atoms with E-state index in [1.54, 1.807) is 11.7 Å². The molecule has 0 radical (unpaired) electrons. The molecule has 0 bridgehead atoms. The van der Waals surface area contributed by atoms with Crippen LogP contribution in [-0.2, 0) is 23.3 Å². The first-order valence-corrected chi connectivity index (χ1v) is 8.06. The molecule has 21 heavy (non-hydrogen) atoms. The first kappa shape index (κ1) is 14.5. The molecule has 0 amide bonds. The molecule has 0 saturated heterocycles. The Labute approximate surface area is 126 Å². The van der Waals surface area contributed by atoms with E-state index in [0.717, 1.165) is 31.4 Å². The molecule has 2 aromatic rings. The van der Waals surface area contributed by atoms with E-state index in [2.05, 4.69) is 10.1 Å². The molecule has 1 fully saturated rings. The Hall–Kier alpha value is -1.47. The molecule has 1 aliphatic carbocycles. The average molecular weight is 309 g/mol. The maximum atomic E-state index is 11.6. The molecule has 1 aliphatic rings. The molecular weight excluding hydrogens is 290 g/mol. The maximum absolute atomic E-state index is 11.6. The van der Waals surface area contributed by atoms with Crippen LogP contribution < -0.4 is 4.87 Å². The van der Waals surface area contributed by atoms with Gasteiger partial charge < -0.3 is 13.8 Å². The Bertz CT molecular complexity index is 664. The standard InChI is InChI=1S/C14H19N3O3S/c1-10-9-21-13(18)17(10)8-3-5-11-15-12(16-20-11)14(19-2)6-4-7-14/h9H,3-8H2,1-2H3. The van der Waals surface area contributed by atoms with Crippen molar-refractivity contribution in [2.24, 2.45) is 0 Å². The van der Waals surface area contributed by atoms with Crippen LogP contribution in [0.4, 0.5) is 0 Å². The summed E-state index contributed by atoms with van der Waals surface area (Å²) in [4.78, 5) is 16.2. The zero-order chi connectivity index (χ0) is 14.9. The molecule has 114 valence electrons. The third-order valence-electron chi connectivity index (χ3n) is 4.18. The SMILES string of the molecule is COC1(c2noc(CCCn3c(C)csc3=O)n2)CCC1. The van der Waals surface area contributed by atoms with Gasteiger partial charge in [-0.25, -0.2) is 0 Å². The second-order valence-electron chi connectivity index (χ2n) is 5.46. The molecule has 2 aromatic heterocycles. The summed E-state index contributed by atoms with van der Waals surface area (Å²) in [6.07, 6.45) is 4.52. The molecule has 6 nitrogen and oxygen atoms in total. The van der Waals surface area contributed by atoms with E-state index in [9.17, 15) is 4.79 Å². The Morgan fingerprint density at radius 2 is 2.33 bits per heavy atom. The number of aryl methyl sites for hydroxylation is 2. The van der Waals surface area contributed by atoms with Gasteiger partial charge in [-0.15, -0.1) is 0 Å². The van der Waals surface area contributed by atoms with E-state index in [-0.39, 0.29) is 10.5 Å². The summed E-state index contributed by atoms with van der Waals surface area (Å²) in [5.41, 5.74) is 0.673. The number of hydrogen-bond acceptors (Lipinski definition) is 6. The van der Waals surface area contributed by atoms with Crippen LogP contribution in [0.3, 0.4) is 0 Å². The topological polar surface area (TPSA) is 70.2 Å². The van der Waals surface area contributed by atoms with E-state index in [1.165, 1.54) is 11.3 Å². The van der Waals surface area contributed by atoms with Crippen LogP contribution in [0, 0.1) is 6.92 Å². The Morgan fingerprint density at radius 3 is 2.90 bits per heavy atom. The van der Waals surface area contributed by atoms with Crippen molar-refractivity contribution < 1.29 is 9.26 Å². The van der Waals surface area contributed by atoms with Crippen molar-refractivity contribution >= 4 is 11.3 Å². The number of methoxy groups -OCH3 is 1. The van der Waals surface area contributed by atoms with Gasteiger partial charge >= 0.3 is 4.87 Å². The van der Waals surface area contributed by atoms with E-state index in [4.69, 9.17) is 9.26 Å². The first-order chi connectivity index (χ1) is 10.1. The molecular formula is C14H19N3O3S. The number of thiazole rings is 1. The first-order valence-electron chi connectivity index (χ1n) is 7.18. The van der Waals surface area contributed by atoms with Gasteiger partial charge in [-0.3, -0.25) is 4.79 Å². The molecule has 0 spiro atoms. The third-order valence-corrected chi connectivity index (χ3v) is 5.06. The van der Waals surface area contributed by atoms with Crippen LogP contribution in [0.5, 0.6) is 0 Å². The number of hydrogen-bond donors (Lipinski definition) is 0. The number of nitrogens with zero attached hydrogens (tertiary/aromatic N) is 3. The Balaban J connectivity index is 1.59. The summed E-state index contributed by atoms with van der Waals surface area (Å²) in [5, 5.41) is 5.94. The molecule has 1 saturated carbocycles. The highest BCUT2D eigenvalue weighted by atomic mass is 32.1. The van der Waals surface area contributed by atoms with Gasteiger partial charge in [-0.2, -0.15) is 4.98 Å². The summed E-state index contributed by atoms with van der Waals surface area (Å²) < 4.78 is 12.6. The van der Waals surface area contributed by atoms with Crippen LogP contribution >= 0.6 is 11.3 Å². The van der Waals surface area contributed by atoms with E-state index in [1.807, 2.05) is 12.3 Å². The van der Waals surface area contributed by atoms with E-state index < -0.39 is 0 Å². The van der Waals surface area contributed by atoms with E-state index >= 15 is 0 Å². The fourth-order valence-electron chi connectivity index (χ4n) is 2.62. The minimum atomic E-state index is -0.331. The Kier molecular flexibility index (Phi) is 3.95. The summed E-state index contributed by atoms with van der Waals surface area (Å²) in [6, 6.07) is 0. The van der Waals surface area contributed by atoms with Gasteiger partial charge in [-0.1, -0.05) is 16.5 Å². The summed E-state index contributed by atoms with van der Waals surface area (Å²) >= 11 is 1.24. The zero-order valence-corrected chi connectivity index (χ0v) is 13.1. The van der Waals surface area contributed by atoms with Crippen molar-refractivity contribution in [2.75, 3.05) is 7.11 Å². The molecule has 2 heterocycles. The van der Waals surface area contributed by atoms with Gasteiger partial charge in [0.1, 0.15) is 5.60 Å². The summed E-state index contributed by atoms with van der Waals surface area (Å²) in [5.74, 6) is 1.28. The smallest absolute Gasteiger partial charge is 0.307 e. The molecule has 7 heteroatoms. The fraction of sp³-hybridized carbons (Fsp3) is 0.643. The normalized spacial score (nSPS) is 16.9. The molecule has 0 aliphatic heterocycles. The second kappa shape index (κ2) is 5.73. The molecule has 3 rings (SSSR count). The van der Waals surface area contributed by atoms with Gasteiger partial charge in [0.25, 0.3) is 0 Å². The highest BCUT2D eigenvalue weighted by molar-refractivity contribution is 7.07. The van der Waals surface area contributed by atoms with Crippen molar-refractivity contribution in [3.63, 3.8) is 0 Å². The quantitative estimate of drug-likeness (QED) is 0.818. The second-order valence-corrected chi connectivity index (χ2v) is 6.28. The lowest BCUT2D eigenvalue weighted by atomic mass is 9.79. The van der Waals surface area contributed by atoms with Crippen molar-refractivity contribution in [1.82, 2.24) is 14.7 Å². The number of ether oxygens (including phenoxy) is 1. The van der Waals surface area contributed by atoms with Crippen LogP contribution in [0.2, 0.25) is 0 Å². The van der Waals surface area contributed by atoms with Gasteiger partial charge in [0.2, 0.25) is 11.7 Å². The van der Waals surface area contributed by atoms with Gasteiger partial charge in [0, 0.05) is 31.1 Å².